The second-order valence-corrected chi connectivity index (χ2v) is 8.27. The van der Waals surface area contributed by atoms with Crippen LogP contribution in [-0.4, -0.2) is 18.2 Å². The fourth-order valence-corrected chi connectivity index (χ4v) is 3.87. The van der Waals surface area contributed by atoms with Crippen molar-refractivity contribution in [1.29, 1.82) is 0 Å². The van der Waals surface area contributed by atoms with Crippen molar-refractivity contribution in [1.82, 2.24) is 0 Å². The molecule has 1 aliphatic heterocycles. The Morgan fingerprint density at radius 2 is 1.70 bits per heavy atom. The summed E-state index contributed by atoms with van der Waals surface area (Å²) in [6, 6.07) is 22.5. The number of hydrogen-bond donors (Lipinski definition) is 0. The van der Waals surface area contributed by atoms with Gasteiger partial charge in [0.1, 0.15) is 29.8 Å². The van der Waals surface area contributed by atoms with E-state index in [1.165, 1.54) is 6.08 Å². The van der Waals surface area contributed by atoms with Crippen molar-refractivity contribution < 1.29 is 19.1 Å². The van der Waals surface area contributed by atoms with Crippen LogP contribution in [0.5, 0.6) is 11.5 Å². The third-order valence-electron chi connectivity index (χ3n) is 5.57. The molecule has 0 radical (unpaired) electrons. The number of hydrogen-bond acceptors (Lipinski definition) is 4. The minimum atomic E-state index is -0.493. The third kappa shape index (κ3) is 4.80. The first kappa shape index (κ1) is 22.3. The average Bonchev–Trinajstić information content (AvgIpc) is 2.84. The summed E-state index contributed by atoms with van der Waals surface area (Å²) >= 11 is 0. The summed E-state index contributed by atoms with van der Waals surface area (Å²) in [6.07, 6.45) is 2.74. The maximum Gasteiger partial charge on any atom is 0.193 e. The molecule has 3 aromatic rings. The Hall–Kier alpha value is -3.92. The van der Waals surface area contributed by atoms with Gasteiger partial charge in [0.2, 0.25) is 0 Å². The lowest BCUT2D eigenvalue weighted by molar-refractivity contribution is 0.0684. The molecule has 0 aliphatic carbocycles. The largest absolute Gasteiger partial charge is 0.488 e. The van der Waals surface area contributed by atoms with Crippen LogP contribution in [0.25, 0.3) is 6.08 Å². The first-order valence-electron chi connectivity index (χ1n) is 10.9. The van der Waals surface area contributed by atoms with E-state index >= 15 is 0 Å². The van der Waals surface area contributed by atoms with E-state index in [4.69, 9.17) is 9.47 Å². The van der Waals surface area contributed by atoms with E-state index in [2.05, 4.69) is 6.58 Å². The average molecular weight is 439 g/mol. The number of carbonyl (C=O) groups is 2. The number of benzene rings is 3. The van der Waals surface area contributed by atoms with Crippen molar-refractivity contribution in [3.63, 3.8) is 0 Å². The second-order valence-electron chi connectivity index (χ2n) is 8.27. The van der Waals surface area contributed by atoms with Crippen LogP contribution in [0, 0.1) is 5.92 Å². The lowest BCUT2D eigenvalue weighted by atomic mass is 9.85. The summed E-state index contributed by atoms with van der Waals surface area (Å²) in [5, 5.41) is 0. The number of ether oxygens (including phenoxy) is 2. The maximum atomic E-state index is 13.4. The molecular formula is C29H26O4. The molecule has 2 atom stereocenters. The van der Waals surface area contributed by atoms with Crippen LogP contribution < -0.4 is 9.47 Å². The van der Waals surface area contributed by atoms with Gasteiger partial charge in [-0.05, 0) is 41.8 Å². The molecule has 3 aromatic carbocycles. The summed E-state index contributed by atoms with van der Waals surface area (Å²) in [5.41, 5.74) is 3.25. The van der Waals surface area contributed by atoms with Crippen LogP contribution >= 0.6 is 0 Å². The fraction of sp³-hybridized carbons (Fsp3) is 0.172. The highest BCUT2D eigenvalue weighted by molar-refractivity contribution is 6.14. The molecule has 1 heterocycles. The molecule has 0 saturated heterocycles. The minimum absolute atomic E-state index is 0.0577. The first-order chi connectivity index (χ1) is 16.0. The van der Waals surface area contributed by atoms with Crippen molar-refractivity contribution in [2.75, 3.05) is 6.61 Å². The summed E-state index contributed by atoms with van der Waals surface area (Å²) < 4.78 is 12.3. The van der Waals surface area contributed by atoms with E-state index in [9.17, 15) is 9.59 Å². The molecule has 4 heteroatoms. The summed E-state index contributed by atoms with van der Waals surface area (Å²) in [5.74, 6) is -0.0911. The van der Waals surface area contributed by atoms with Crippen LogP contribution in [0.3, 0.4) is 0 Å². The Labute approximate surface area is 194 Å². The molecule has 4 rings (SSSR count). The van der Waals surface area contributed by atoms with E-state index in [-0.39, 0.29) is 35.4 Å². The van der Waals surface area contributed by atoms with E-state index in [1.807, 2.05) is 74.5 Å². The van der Waals surface area contributed by atoms with E-state index in [0.29, 0.717) is 11.3 Å². The van der Waals surface area contributed by atoms with Gasteiger partial charge in [0.05, 0.1) is 11.5 Å². The molecule has 0 aromatic heterocycles. The molecule has 0 spiro atoms. The molecule has 0 bridgehead atoms. The number of carbonyl (C=O) groups excluding carboxylic acids is 2. The van der Waals surface area contributed by atoms with Gasteiger partial charge in [0, 0.05) is 0 Å². The summed E-state index contributed by atoms with van der Waals surface area (Å²) in [4.78, 5) is 26.7. The number of fused-ring (bicyclic) bond motifs is 1. The zero-order valence-electron chi connectivity index (χ0n) is 18.8. The molecule has 0 fully saturated rings. The first-order valence-corrected chi connectivity index (χ1v) is 10.9. The van der Waals surface area contributed by atoms with Crippen LogP contribution in [-0.2, 0) is 0 Å². The van der Waals surface area contributed by atoms with Crippen LogP contribution in [0.2, 0.25) is 0 Å². The Balaban J connectivity index is 1.79. The van der Waals surface area contributed by atoms with Crippen LogP contribution in [0.4, 0.5) is 0 Å². The molecule has 0 saturated carbocycles. The lowest BCUT2D eigenvalue weighted by Crippen LogP contribution is -2.30. The molecular weight excluding hydrogens is 412 g/mol. The number of Topliss-reactive ketones (excluding diaryl/α,β-unsaturated/α-hetero) is 1. The topological polar surface area (TPSA) is 52.6 Å². The number of ketones is 2. The lowest BCUT2D eigenvalue weighted by Gasteiger charge is -2.32. The standard InChI is InChI=1S/C29H26O4/c1-19(2)18-32-25-17-15-23-27(31)20(3)28(22-12-8-5-9-13-22)33-29(23)26(25)24(30)16-14-21-10-6-4-7-11-21/h4-17,20,28H,1,18H2,2-3H3/b16-14+. The Morgan fingerprint density at radius 3 is 2.36 bits per heavy atom. The Bertz CT molecular complexity index is 1210. The van der Waals surface area contributed by atoms with Gasteiger partial charge in [-0.15, -0.1) is 0 Å². The molecule has 33 heavy (non-hydrogen) atoms. The molecule has 0 amide bonds. The van der Waals surface area contributed by atoms with Gasteiger partial charge < -0.3 is 9.47 Å². The normalized spacial score (nSPS) is 17.3. The highest BCUT2D eigenvalue weighted by Crippen LogP contribution is 2.43. The Morgan fingerprint density at radius 1 is 1.03 bits per heavy atom. The highest BCUT2D eigenvalue weighted by atomic mass is 16.5. The molecule has 0 N–H and O–H groups in total. The zero-order valence-corrected chi connectivity index (χ0v) is 18.8. The van der Waals surface area contributed by atoms with E-state index in [0.717, 1.165) is 16.7 Å². The SMILES string of the molecule is C=C(C)COc1ccc2c(c1C(=O)/C=C/c1ccccc1)OC(c1ccccc1)C(C)C2=O. The van der Waals surface area contributed by atoms with Gasteiger partial charge in [-0.25, -0.2) is 0 Å². The van der Waals surface area contributed by atoms with Gasteiger partial charge in [0.15, 0.2) is 11.6 Å². The Kier molecular flexibility index (Phi) is 6.55. The molecule has 1 aliphatic rings. The number of rotatable bonds is 7. The third-order valence-corrected chi connectivity index (χ3v) is 5.57. The predicted molar refractivity (Wildman–Crippen MR) is 130 cm³/mol. The van der Waals surface area contributed by atoms with E-state index in [1.54, 1.807) is 18.2 Å². The van der Waals surface area contributed by atoms with Crippen molar-refractivity contribution in [3.05, 3.63) is 113 Å². The fourth-order valence-electron chi connectivity index (χ4n) is 3.87. The van der Waals surface area contributed by atoms with Crippen LogP contribution in [0.15, 0.2) is 91.0 Å². The predicted octanol–water partition coefficient (Wildman–Crippen LogP) is 6.49. The smallest absolute Gasteiger partial charge is 0.193 e. The summed E-state index contributed by atoms with van der Waals surface area (Å²) in [6.45, 7) is 7.83. The van der Waals surface area contributed by atoms with Gasteiger partial charge in [-0.2, -0.15) is 0 Å². The van der Waals surface area contributed by atoms with Crippen molar-refractivity contribution in [2.24, 2.45) is 5.92 Å². The van der Waals surface area contributed by atoms with Gasteiger partial charge in [-0.1, -0.05) is 80.2 Å². The number of allylic oxidation sites excluding steroid dienone is 1. The van der Waals surface area contributed by atoms with Crippen LogP contribution in [0.1, 0.15) is 51.8 Å². The quantitative estimate of drug-likeness (QED) is 0.240. The van der Waals surface area contributed by atoms with E-state index < -0.39 is 6.10 Å². The van der Waals surface area contributed by atoms with Gasteiger partial charge in [0.25, 0.3) is 0 Å². The van der Waals surface area contributed by atoms with Crippen molar-refractivity contribution in [3.8, 4) is 11.5 Å². The molecule has 4 nitrogen and oxygen atoms in total. The molecule has 166 valence electrons. The molecule has 2 unspecified atom stereocenters. The highest BCUT2D eigenvalue weighted by Gasteiger charge is 2.38. The monoisotopic (exact) mass is 438 g/mol. The second kappa shape index (κ2) is 9.70. The zero-order chi connectivity index (χ0) is 23.4. The summed E-state index contributed by atoms with van der Waals surface area (Å²) in [7, 11) is 0. The van der Waals surface area contributed by atoms with Gasteiger partial charge in [-0.3, -0.25) is 9.59 Å². The maximum absolute atomic E-state index is 13.4. The minimum Gasteiger partial charge on any atom is -0.488 e. The van der Waals surface area contributed by atoms with Gasteiger partial charge >= 0.3 is 0 Å². The van der Waals surface area contributed by atoms with Crippen molar-refractivity contribution >= 4 is 17.6 Å². The van der Waals surface area contributed by atoms with Crippen molar-refractivity contribution in [2.45, 2.75) is 20.0 Å².